The summed E-state index contributed by atoms with van der Waals surface area (Å²) in [7, 11) is 0. The van der Waals surface area contributed by atoms with E-state index in [4.69, 9.17) is 4.74 Å². The molecule has 1 amide bonds. The Morgan fingerprint density at radius 3 is 2.63 bits per heavy atom. The molecule has 188 valence electrons. The molecule has 3 aromatic rings. The third kappa shape index (κ3) is 5.40. The number of anilines is 1. The van der Waals surface area contributed by atoms with Gasteiger partial charge in [0.15, 0.2) is 11.4 Å². The van der Waals surface area contributed by atoms with Crippen LogP contribution in [0.3, 0.4) is 0 Å². The number of benzene rings is 1. The smallest absolute Gasteiger partial charge is 0.270 e. The van der Waals surface area contributed by atoms with Crippen molar-refractivity contribution in [2.45, 2.75) is 58.6 Å². The van der Waals surface area contributed by atoms with Crippen LogP contribution < -0.4 is 15.0 Å². The van der Waals surface area contributed by atoms with Crippen LogP contribution in [0.1, 0.15) is 60.8 Å². The van der Waals surface area contributed by atoms with E-state index >= 15 is 0 Å². The molecular formula is C26H32F2N4O3. The van der Waals surface area contributed by atoms with E-state index in [-0.39, 0.29) is 30.7 Å². The van der Waals surface area contributed by atoms with E-state index in [0.29, 0.717) is 29.2 Å². The fourth-order valence-corrected chi connectivity index (χ4v) is 4.48. The molecule has 9 heteroatoms. The second-order valence-corrected chi connectivity index (χ2v) is 8.98. The lowest BCUT2D eigenvalue weighted by atomic mass is 10.1. The maximum atomic E-state index is 14.2. The maximum absolute atomic E-state index is 14.2. The van der Waals surface area contributed by atoms with Crippen LogP contribution >= 0.6 is 0 Å². The predicted octanol–water partition coefficient (Wildman–Crippen LogP) is 4.38. The zero-order chi connectivity index (χ0) is 24.9. The Kier molecular flexibility index (Phi) is 7.85. The van der Waals surface area contributed by atoms with Crippen molar-refractivity contribution in [3.63, 3.8) is 0 Å². The number of aromatic nitrogens is 2. The van der Waals surface area contributed by atoms with Crippen LogP contribution in [-0.4, -0.2) is 46.1 Å². The number of aryl methyl sites for hydroxylation is 1. The average molecular weight is 487 g/mol. The van der Waals surface area contributed by atoms with Crippen LogP contribution in [0.15, 0.2) is 30.5 Å². The van der Waals surface area contributed by atoms with Gasteiger partial charge in [-0.05, 0) is 38.3 Å². The van der Waals surface area contributed by atoms with Crippen LogP contribution in [-0.2, 0) is 6.61 Å². The van der Waals surface area contributed by atoms with Gasteiger partial charge in [-0.3, -0.25) is 9.20 Å². The predicted molar refractivity (Wildman–Crippen MR) is 130 cm³/mol. The van der Waals surface area contributed by atoms with E-state index in [1.807, 2.05) is 12.3 Å². The number of unbranched alkanes of at least 4 members (excludes halogenated alkanes) is 1. The number of aliphatic hydroxyl groups excluding tert-OH is 1. The van der Waals surface area contributed by atoms with Crippen LogP contribution in [0, 0.1) is 18.6 Å². The number of ether oxygens (including phenoxy) is 1. The van der Waals surface area contributed by atoms with Crippen LogP contribution in [0.25, 0.3) is 5.65 Å². The molecule has 0 bridgehead atoms. The number of hydrogen-bond donors (Lipinski definition) is 2. The lowest BCUT2D eigenvalue weighted by Gasteiger charge is -2.20. The van der Waals surface area contributed by atoms with Gasteiger partial charge in [-0.2, -0.15) is 0 Å². The molecule has 1 aliphatic heterocycles. The molecule has 0 aliphatic carbocycles. The first kappa shape index (κ1) is 24.9. The minimum absolute atomic E-state index is 0.150. The number of rotatable bonds is 10. The first-order valence-electron chi connectivity index (χ1n) is 12.2. The van der Waals surface area contributed by atoms with Gasteiger partial charge in [0.1, 0.15) is 23.9 Å². The number of nitrogens with zero attached hydrogens (tertiary/aromatic N) is 3. The number of fused-ring (bicyclic) bond motifs is 1. The Labute approximate surface area is 203 Å². The largest absolute Gasteiger partial charge is 0.485 e. The molecule has 4 rings (SSSR count). The zero-order valence-corrected chi connectivity index (χ0v) is 20.2. The molecule has 0 saturated carbocycles. The van der Waals surface area contributed by atoms with Gasteiger partial charge < -0.3 is 20.1 Å². The highest BCUT2D eigenvalue weighted by Crippen LogP contribution is 2.31. The Balaban J connectivity index is 1.71. The number of carbonyl (C=O) groups is 1. The lowest BCUT2D eigenvalue weighted by Crippen LogP contribution is -2.38. The third-order valence-electron chi connectivity index (χ3n) is 6.43. The van der Waals surface area contributed by atoms with Crippen molar-refractivity contribution >= 4 is 17.2 Å². The van der Waals surface area contributed by atoms with Gasteiger partial charge in [-0.25, -0.2) is 13.8 Å². The Morgan fingerprint density at radius 2 is 1.97 bits per heavy atom. The zero-order valence-electron chi connectivity index (χ0n) is 20.2. The minimum Gasteiger partial charge on any atom is -0.485 e. The topological polar surface area (TPSA) is 79.1 Å². The molecule has 1 atom stereocenters. The molecule has 0 spiro atoms. The molecular weight excluding hydrogens is 454 g/mol. The third-order valence-corrected chi connectivity index (χ3v) is 6.43. The van der Waals surface area contributed by atoms with Crippen molar-refractivity contribution in [1.29, 1.82) is 0 Å². The number of amides is 1. The minimum atomic E-state index is -0.682. The van der Waals surface area contributed by atoms with Gasteiger partial charge in [-0.1, -0.05) is 25.8 Å². The Hall–Kier alpha value is -3.20. The maximum Gasteiger partial charge on any atom is 0.270 e. The summed E-state index contributed by atoms with van der Waals surface area (Å²) in [5, 5.41) is 12.6. The highest BCUT2D eigenvalue weighted by atomic mass is 19.1. The number of halogens is 2. The standard InChI is InChI=1S/C26H32F2N4O3/c1-3-4-8-18(15-33)30-26(34)24-17(2)29-25-23(35-16-20-21(27)9-7-10-22(20)28)13-19(14-32(24)25)31-11-5-6-12-31/h7,9-10,13-14,18,33H,3-6,8,11-12,15-16H2,1-2H3,(H,30,34). The fourth-order valence-electron chi connectivity index (χ4n) is 4.48. The molecule has 2 N–H and O–H groups in total. The number of aliphatic hydroxyl groups is 1. The van der Waals surface area contributed by atoms with Crippen LogP contribution in [0.5, 0.6) is 5.75 Å². The molecule has 2 aromatic heterocycles. The molecule has 1 saturated heterocycles. The monoisotopic (exact) mass is 486 g/mol. The van der Waals surface area contributed by atoms with Gasteiger partial charge >= 0.3 is 0 Å². The Morgan fingerprint density at radius 1 is 1.26 bits per heavy atom. The molecule has 35 heavy (non-hydrogen) atoms. The number of pyridine rings is 1. The van der Waals surface area contributed by atoms with E-state index < -0.39 is 11.6 Å². The number of carbonyl (C=O) groups excluding carboxylic acids is 1. The fraction of sp³-hybridized carbons (Fsp3) is 0.462. The Bertz CT molecular complexity index is 1170. The summed E-state index contributed by atoms with van der Waals surface area (Å²) in [6.07, 6.45) is 6.49. The summed E-state index contributed by atoms with van der Waals surface area (Å²) in [5.41, 5.74) is 1.91. The van der Waals surface area contributed by atoms with Crippen molar-refractivity contribution in [3.8, 4) is 5.75 Å². The quantitative estimate of drug-likeness (QED) is 0.445. The molecule has 0 radical (unpaired) electrons. The molecule has 1 aliphatic rings. The van der Waals surface area contributed by atoms with E-state index in [1.165, 1.54) is 18.2 Å². The lowest BCUT2D eigenvalue weighted by molar-refractivity contribution is 0.0905. The second-order valence-electron chi connectivity index (χ2n) is 8.98. The van der Waals surface area contributed by atoms with Gasteiger partial charge in [0, 0.05) is 25.4 Å². The summed E-state index contributed by atoms with van der Waals surface area (Å²) in [4.78, 5) is 20.0. The van der Waals surface area contributed by atoms with E-state index in [2.05, 4.69) is 22.1 Å². The van der Waals surface area contributed by atoms with Crippen molar-refractivity contribution in [2.75, 3.05) is 24.6 Å². The summed E-state index contributed by atoms with van der Waals surface area (Å²) < 4.78 is 36.0. The average Bonchev–Trinajstić information content (AvgIpc) is 3.48. The van der Waals surface area contributed by atoms with Gasteiger partial charge in [0.05, 0.1) is 29.6 Å². The molecule has 1 aromatic carbocycles. The van der Waals surface area contributed by atoms with Gasteiger partial charge in [0.25, 0.3) is 5.91 Å². The second kappa shape index (κ2) is 11.0. The van der Waals surface area contributed by atoms with Crippen molar-refractivity contribution in [2.24, 2.45) is 0 Å². The highest BCUT2D eigenvalue weighted by Gasteiger charge is 2.24. The molecule has 1 unspecified atom stereocenters. The SMILES string of the molecule is CCCCC(CO)NC(=O)c1c(C)nc2c(OCc3c(F)cccc3F)cc(N3CCCC3)cn12. The molecule has 1 fully saturated rings. The first-order valence-corrected chi connectivity index (χ1v) is 12.2. The number of hydrogen-bond acceptors (Lipinski definition) is 5. The summed E-state index contributed by atoms with van der Waals surface area (Å²) >= 11 is 0. The summed E-state index contributed by atoms with van der Waals surface area (Å²) in [6, 6.07) is 5.15. The number of imidazole rings is 1. The summed E-state index contributed by atoms with van der Waals surface area (Å²) in [6.45, 7) is 5.06. The highest BCUT2D eigenvalue weighted by molar-refractivity contribution is 5.95. The molecule has 3 heterocycles. The van der Waals surface area contributed by atoms with Crippen molar-refractivity contribution < 1.29 is 23.4 Å². The van der Waals surface area contributed by atoms with Crippen LogP contribution in [0.2, 0.25) is 0 Å². The van der Waals surface area contributed by atoms with Crippen molar-refractivity contribution in [3.05, 3.63) is 59.0 Å². The van der Waals surface area contributed by atoms with Gasteiger partial charge in [0.2, 0.25) is 0 Å². The van der Waals surface area contributed by atoms with Gasteiger partial charge in [-0.15, -0.1) is 0 Å². The van der Waals surface area contributed by atoms with Crippen LogP contribution in [0.4, 0.5) is 14.5 Å². The van der Waals surface area contributed by atoms with E-state index in [9.17, 15) is 18.7 Å². The first-order chi connectivity index (χ1) is 16.9. The van der Waals surface area contributed by atoms with Crippen molar-refractivity contribution in [1.82, 2.24) is 14.7 Å². The van der Waals surface area contributed by atoms with E-state index in [0.717, 1.165) is 44.5 Å². The molecule has 7 nitrogen and oxygen atoms in total. The normalized spacial score (nSPS) is 14.5. The van der Waals surface area contributed by atoms with E-state index in [1.54, 1.807) is 11.3 Å². The summed E-state index contributed by atoms with van der Waals surface area (Å²) in [5.74, 6) is -1.37. The number of nitrogens with one attached hydrogen (secondary N) is 1.